The number of hydrogen-bond donors (Lipinski definition) is 0. The molecule has 0 aliphatic carbocycles. The first kappa shape index (κ1) is 22.1. The number of nitrogens with zero attached hydrogens (tertiary/aromatic N) is 3. The molecule has 0 aliphatic heterocycles. The fourth-order valence-corrected chi connectivity index (χ4v) is 4.24. The topological polar surface area (TPSA) is 54.9 Å². The Balaban J connectivity index is 1.89. The first-order valence-corrected chi connectivity index (χ1v) is 10.9. The van der Waals surface area contributed by atoms with Gasteiger partial charge in [0.05, 0.1) is 24.8 Å². The van der Waals surface area contributed by atoms with Crippen molar-refractivity contribution >= 4 is 32.6 Å². The van der Waals surface area contributed by atoms with Crippen LogP contribution in [-0.2, 0) is 11.2 Å². The summed E-state index contributed by atoms with van der Waals surface area (Å²) < 4.78 is 12.0. The van der Waals surface area contributed by atoms with E-state index in [0.29, 0.717) is 24.7 Å². The normalized spacial score (nSPS) is 11.1. The van der Waals surface area contributed by atoms with Crippen LogP contribution in [0.4, 0.5) is 5.13 Å². The van der Waals surface area contributed by atoms with Gasteiger partial charge in [0.2, 0.25) is 5.91 Å². The zero-order valence-corrected chi connectivity index (χ0v) is 19.1. The number of benzene rings is 2. The number of likely N-dealkylation sites (N-methyl/N-ethyl adjacent to an activating group) is 1. The van der Waals surface area contributed by atoms with Crippen LogP contribution in [0.25, 0.3) is 10.2 Å². The second-order valence-corrected chi connectivity index (χ2v) is 8.34. The van der Waals surface area contributed by atoms with Crippen molar-refractivity contribution in [2.75, 3.05) is 45.8 Å². The highest BCUT2D eigenvalue weighted by atomic mass is 32.1. The molecule has 0 aliphatic rings. The summed E-state index contributed by atoms with van der Waals surface area (Å²) in [5, 5.41) is 0.704. The molecule has 0 atom stereocenters. The quantitative estimate of drug-likeness (QED) is 0.514. The number of anilines is 1. The van der Waals surface area contributed by atoms with Gasteiger partial charge in [-0.3, -0.25) is 9.69 Å². The van der Waals surface area contributed by atoms with E-state index in [-0.39, 0.29) is 5.91 Å². The van der Waals surface area contributed by atoms with Crippen LogP contribution in [0.3, 0.4) is 0 Å². The lowest BCUT2D eigenvalue weighted by atomic mass is 10.1. The van der Waals surface area contributed by atoms with Crippen molar-refractivity contribution in [3.05, 3.63) is 47.5 Å². The number of fused-ring (bicyclic) bond motifs is 1. The second-order valence-electron chi connectivity index (χ2n) is 7.36. The number of amides is 1. The van der Waals surface area contributed by atoms with Crippen LogP contribution in [-0.4, -0.2) is 56.7 Å². The number of carbonyl (C=O) groups excluding carboxylic acids is 1. The lowest BCUT2D eigenvalue weighted by Gasteiger charge is -2.22. The molecule has 3 aromatic rings. The van der Waals surface area contributed by atoms with E-state index in [2.05, 4.69) is 11.8 Å². The third-order valence-electron chi connectivity index (χ3n) is 4.80. The molecule has 0 saturated carbocycles. The Kier molecular flexibility index (Phi) is 7.29. The number of ether oxygens (including phenoxy) is 2. The molecule has 6 nitrogen and oxygen atoms in total. The van der Waals surface area contributed by atoms with E-state index in [9.17, 15) is 4.79 Å². The van der Waals surface area contributed by atoms with Crippen molar-refractivity contribution < 1.29 is 14.3 Å². The van der Waals surface area contributed by atoms with Crippen molar-refractivity contribution in [3.63, 3.8) is 0 Å². The number of rotatable bonds is 9. The van der Waals surface area contributed by atoms with Crippen LogP contribution in [0, 0.1) is 6.92 Å². The number of hydrogen-bond acceptors (Lipinski definition) is 6. The molecule has 7 heteroatoms. The van der Waals surface area contributed by atoms with E-state index in [4.69, 9.17) is 14.5 Å². The molecule has 2 aromatic carbocycles. The number of thiazole rings is 1. The van der Waals surface area contributed by atoms with E-state index in [0.717, 1.165) is 39.4 Å². The van der Waals surface area contributed by atoms with Crippen LogP contribution >= 0.6 is 11.3 Å². The summed E-state index contributed by atoms with van der Waals surface area (Å²) in [6.07, 6.45) is 0.311. The molecule has 0 spiro atoms. The van der Waals surface area contributed by atoms with Gasteiger partial charge in [0, 0.05) is 13.1 Å². The van der Waals surface area contributed by atoms with E-state index >= 15 is 0 Å². The molecule has 0 radical (unpaired) electrons. The SMILES string of the molecule is CCOc1ccc(CC(=O)N(CCN(C)C)c2nc3c(OC)ccc(C)c3s2)cc1. The fraction of sp³-hybridized carbons (Fsp3) is 0.391. The molecule has 30 heavy (non-hydrogen) atoms. The zero-order valence-electron chi connectivity index (χ0n) is 18.3. The smallest absolute Gasteiger partial charge is 0.233 e. The summed E-state index contributed by atoms with van der Waals surface area (Å²) >= 11 is 1.54. The standard InChI is InChI=1S/C23H29N3O3S/c1-6-29-18-10-8-17(9-11-18)15-20(27)26(14-13-25(3)4)23-24-21-19(28-5)12-7-16(2)22(21)30-23/h7-12H,6,13-15H2,1-5H3. The van der Waals surface area contributed by atoms with E-state index in [1.807, 2.05) is 57.4 Å². The minimum Gasteiger partial charge on any atom is -0.494 e. The predicted molar refractivity (Wildman–Crippen MR) is 123 cm³/mol. The summed E-state index contributed by atoms with van der Waals surface area (Å²) in [5.74, 6) is 1.56. The molecular formula is C23H29N3O3S. The highest BCUT2D eigenvalue weighted by Gasteiger charge is 2.22. The molecule has 1 heterocycles. The summed E-state index contributed by atoms with van der Waals surface area (Å²) in [4.78, 5) is 21.9. The number of aromatic nitrogens is 1. The number of carbonyl (C=O) groups is 1. The van der Waals surface area contributed by atoms with Crippen molar-refractivity contribution in [1.29, 1.82) is 0 Å². The summed E-state index contributed by atoms with van der Waals surface area (Å²) in [6.45, 7) is 5.95. The van der Waals surface area contributed by atoms with Gasteiger partial charge in [-0.1, -0.05) is 29.5 Å². The van der Waals surface area contributed by atoms with E-state index in [1.54, 1.807) is 12.0 Å². The van der Waals surface area contributed by atoms with Gasteiger partial charge in [-0.05, 0) is 57.3 Å². The minimum absolute atomic E-state index is 0.0247. The van der Waals surface area contributed by atoms with Crippen molar-refractivity contribution in [3.8, 4) is 11.5 Å². The van der Waals surface area contributed by atoms with E-state index < -0.39 is 0 Å². The van der Waals surface area contributed by atoms with Crippen LogP contribution in [0.2, 0.25) is 0 Å². The Labute approximate surface area is 182 Å². The average Bonchev–Trinajstić information content (AvgIpc) is 3.16. The third-order valence-corrected chi connectivity index (χ3v) is 6.02. The van der Waals surface area contributed by atoms with Crippen LogP contribution in [0.1, 0.15) is 18.1 Å². The Morgan fingerprint density at radius 3 is 2.47 bits per heavy atom. The maximum absolute atomic E-state index is 13.3. The fourth-order valence-electron chi connectivity index (χ4n) is 3.15. The average molecular weight is 428 g/mol. The molecule has 0 unspecified atom stereocenters. The first-order chi connectivity index (χ1) is 14.4. The molecule has 0 fully saturated rings. The maximum Gasteiger partial charge on any atom is 0.233 e. The number of methoxy groups -OCH3 is 1. The summed E-state index contributed by atoms with van der Waals surface area (Å²) in [5.41, 5.74) is 2.88. The predicted octanol–water partition coefficient (Wildman–Crippen LogP) is 4.15. The lowest BCUT2D eigenvalue weighted by molar-refractivity contribution is -0.118. The molecule has 1 aromatic heterocycles. The number of aryl methyl sites for hydroxylation is 1. The monoisotopic (exact) mass is 427 g/mol. The van der Waals surface area contributed by atoms with Gasteiger partial charge in [0.25, 0.3) is 0 Å². The molecule has 160 valence electrons. The van der Waals surface area contributed by atoms with Gasteiger partial charge < -0.3 is 14.4 Å². The van der Waals surface area contributed by atoms with Gasteiger partial charge in [-0.15, -0.1) is 0 Å². The van der Waals surface area contributed by atoms with Gasteiger partial charge in [-0.2, -0.15) is 0 Å². The van der Waals surface area contributed by atoms with Crippen LogP contribution in [0.15, 0.2) is 36.4 Å². The highest BCUT2D eigenvalue weighted by Crippen LogP contribution is 2.36. The zero-order chi connectivity index (χ0) is 21.7. The molecule has 3 rings (SSSR count). The minimum atomic E-state index is 0.0247. The molecular weight excluding hydrogens is 398 g/mol. The first-order valence-electron chi connectivity index (χ1n) is 10.0. The van der Waals surface area contributed by atoms with Crippen LogP contribution < -0.4 is 14.4 Å². The molecule has 0 saturated heterocycles. The Hall–Kier alpha value is -2.64. The van der Waals surface area contributed by atoms with Crippen molar-refractivity contribution in [1.82, 2.24) is 9.88 Å². The summed E-state index contributed by atoms with van der Waals surface area (Å²) in [7, 11) is 5.64. The summed E-state index contributed by atoms with van der Waals surface area (Å²) in [6, 6.07) is 11.6. The largest absolute Gasteiger partial charge is 0.494 e. The third kappa shape index (κ3) is 5.09. The van der Waals surface area contributed by atoms with Gasteiger partial charge in [-0.25, -0.2) is 4.98 Å². The van der Waals surface area contributed by atoms with Crippen molar-refractivity contribution in [2.45, 2.75) is 20.3 Å². The Morgan fingerprint density at radius 1 is 1.10 bits per heavy atom. The second kappa shape index (κ2) is 9.91. The lowest BCUT2D eigenvalue weighted by Crippen LogP contribution is -2.37. The van der Waals surface area contributed by atoms with E-state index in [1.165, 1.54) is 11.3 Å². The van der Waals surface area contributed by atoms with Gasteiger partial charge in [0.15, 0.2) is 5.13 Å². The molecule has 0 N–H and O–H groups in total. The van der Waals surface area contributed by atoms with Crippen molar-refractivity contribution in [2.24, 2.45) is 0 Å². The Morgan fingerprint density at radius 2 is 1.83 bits per heavy atom. The van der Waals surface area contributed by atoms with Gasteiger partial charge >= 0.3 is 0 Å². The van der Waals surface area contributed by atoms with Gasteiger partial charge in [0.1, 0.15) is 17.0 Å². The highest BCUT2D eigenvalue weighted by molar-refractivity contribution is 7.22. The molecule has 1 amide bonds. The van der Waals surface area contributed by atoms with Crippen LogP contribution in [0.5, 0.6) is 11.5 Å². The maximum atomic E-state index is 13.3. The molecule has 0 bridgehead atoms. The Bertz CT molecular complexity index is 999.